The van der Waals surface area contributed by atoms with Crippen molar-refractivity contribution in [2.75, 3.05) is 6.54 Å². The normalized spacial score (nSPS) is 36.6. The molecule has 4 nitrogen and oxygen atoms in total. The van der Waals surface area contributed by atoms with E-state index in [0.717, 1.165) is 17.8 Å². The molecule has 4 rings (SSSR count). The SMILES string of the molecule is CC(NC(=O)CNC(=O)C(C)(C)C)C12CC3CC(CC(C3)C1)C2. The lowest BCUT2D eigenvalue weighted by molar-refractivity contribution is -0.132. The summed E-state index contributed by atoms with van der Waals surface area (Å²) in [6.07, 6.45) is 8.11. The first kappa shape index (κ1) is 16.8. The average Bonchev–Trinajstić information content (AvgIpc) is 2.42. The molecule has 130 valence electrons. The summed E-state index contributed by atoms with van der Waals surface area (Å²) in [4.78, 5) is 24.1. The van der Waals surface area contributed by atoms with Gasteiger partial charge < -0.3 is 10.6 Å². The van der Waals surface area contributed by atoms with Crippen molar-refractivity contribution in [2.45, 2.75) is 72.3 Å². The highest BCUT2D eigenvalue weighted by Crippen LogP contribution is 2.61. The van der Waals surface area contributed by atoms with Gasteiger partial charge in [0, 0.05) is 11.5 Å². The highest BCUT2D eigenvalue weighted by atomic mass is 16.2. The Morgan fingerprint density at radius 1 is 1.04 bits per heavy atom. The number of carbonyl (C=O) groups is 2. The molecule has 4 aliphatic carbocycles. The first-order chi connectivity index (χ1) is 10.7. The highest BCUT2D eigenvalue weighted by molar-refractivity contribution is 5.87. The van der Waals surface area contributed by atoms with Gasteiger partial charge in [0.05, 0.1) is 6.54 Å². The zero-order valence-corrected chi connectivity index (χ0v) is 15.1. The Hall–Kier alpha value is -1.06. The maximum atomic E-state index is 12.3. The smallest absolute Gasteiger partial charge is 0.239 e. The predicted molar refractivity (Wildman–Crippen MR) is 90.7 cm³/mol. The third-order valence-electron chi connectivity index (χ3n) is 6.47. The van der Waals surface area contributed by atoms with E-state index in [4.69, 9.17) is 0 Å². The topological polar surface area (TPSA) is 58.2 Å². The van der Waals surface area contributed by atoms with Crippen LogP contribution in [0, 0.1) is 28.6 Å². The van der Waals surface area contributed by atoms with E-state index in [1.807, 2.05) is 20.8 Å². The van der Waals surface area contributed by atoms with Crippen molar-refractivity contribution in [3.63, 3.8) is 0 Å². The Morgan fingerprint density at radius 2 is 1.52 bits per heavy atom. The summed E-state index contributed by atoms with van der Waals surface area (Å²) in [6, 6.07) is 0.218. The second kappa shape index (κ2) is 5.78. The molecule has 4 aliphatic rings. The fraction of sp³-hybridized carbons (Fsp3) is 0.895. The van der Waals surface area contributed by atoms with Gasteiger partial charge in [0.2, 0.25) is 11.8 Å². The van der Waals surface area contributed by atoms with Crippen LogP contribution in [0.5, 0.6) is 0 Å². The number of nitrogens with one attached hydrogen (secondary N) is 2. The Bertz CT molecular complexity index is 457. The molecule has 2 N–H and O–H groups in total. The van der Waals surface area contributed by atoms with Crippen molar-refractivity contribution in [1.82, 2.24) is 10.6 Å². The summed E-state index contributed by atoms with van der Waals surface area (Å²) in [6.45, 7) is 7.85. The van der Waals surface area contributed by atoms with E-state index in [0.29, 0.717) is 5.41 Å². The molecule has 0 aromatic rings. The standard InChI is InChI=1S/C19H32N2O2/c1-12(21-16(22)11-20-17(23)18(2,3)4)19-8-13-5-14(9-19)7-15(6-13)10-19/h12-15H,5-11H2,1-4H3,(H,20,23)(H,21,22). The predicted octanol–water partition coefficient (Wildman–Crippen LogP) is 2.87. The van der Waals surface area contributed by atoms with Crippen molar-refractivity contribution in [3.05, 3.63) is 0 Å². The Kier molecular flexibility index (Phi) is 4.22. The maximum Gasteiger partial charge on any atom is 0.239 e. The molecule has 1 atom stereocenters. The lowest BCUT2D eigenvalue weighted by Crippen LogP contribution is -2.56. The molecule has 4 saturated carbocycles. The summed E-state index contributed by atoms with van der Waals surface area (Å²) in [7, 11) is 0. The van der Waals surface area contributed by atoms with Crippen molar-refractivity contribution in [1.29, 1.82) is 0 Å². The van der Waals surface area contributed by atoms with Crippen LogP contribution in [0.1, 0.15) is 66.2 Å². The van der Waals surface area contributed by atoms with E-state index in [-0.39, 0.29) is 24.4 Å². The van der Waals surface area contributed by atoms with E-state index in [9.17, 15) is 9.59 Å². The molecule has 0 radical (unpaired) electrons. The molecular weight excluding hydrogens is 288 g/mol. The molecule has 23 heavy (non-hydrogen) atoms. The van der Waals surface area contributed by atoms with Crippen molar-refractivity contribution < 1.29 is 9.59 Å². The summed E-state index contributed by atoms with van der Waals surface area (Å²) < 4.78 is 0. The van der Waals surface area contributed by atoms with Crippen LogP contribution in [0.3, 0.4) is 0 Å². The molecule has 1 unspecified atom stereocenters. The van der Waals surface area contributed by atoms with Gasteiger partial charge in [-0.15, -0.1) is 0 Å². The highest BCUT2D eigenvalue weighted by Gasteiger charge is 2.53. The molecule has 0 heterocycles. The molecule has 0 spiro atoms. The Balaban J connectivity index is 1.54. The second-order valence-corrected chi connectivity index (χ2v) is 9.50. The van der Waals surface area contributed by atoms with Crippen molar-refractivity contribution >= 4 is 11.8 Å². The van der Waals surface area contributed by atoms with Gasteiger partial charge in [0.25, 0.3) is 0 Å². The molecule has 0 aromatic carbocycles. The Labute approximate surface area is 140 Å². The lowest BCUT2D eigenvalue weighted by atomic mass is 9.48. The minimum absolute atomic E-state index is 0.0501. The summed E-state index contributed by atoms with van der Waals surface area (Å²) >= 11 is 0. The van der Waals surface area contributed by atoms with E-state index in [1.165, 1.54) is 38.5 Å². The van der Waals surface area contributed by atoms with Crippen LogP contribution in [-0.4, -0.2) is 24.4 Å². The van der Waals surface area contributed by atoms with Gasteiger partial charge in [-0.25, -0.2) is 0 Å². The van der Waals surface area contributed by atoms with E-state index < -0.39 is 5.41 Å². The van der Waals surface area contributed by atoms with Gasteiger partial charge in [0.1, 0.15) is 0 Å². The number of hydrogen-bond donors (Lipinski definition) is 2. The van der Waals surface area contributed by atoms with E-state index in [1.54, 1.807) is 0 Å². The molecule has 0 saturated heterocycles. The molecule has 0 aliphatic heterocycles. The molecular formula is C19H32N2O2. The number of hydrogen-bond acceptors (Lipinski definition) is 2. The summed E-state index contributed by atoms with van der Waals surface area (Å²) in [5.74, 6) is 2.55. The van der Waals surface area contributed by atoms with Crippen LogP contribution in [0.15, 0.2) is 0 Å². The maximum absolute atomic E-state index is 12.3. The molecule has 4 bridgehead atoms. The minimum Gasteiger partial charge on any atom is -0.352 e. The monoisotopic (exact) mass is 320 g/mol. The van der Waals surface area contributed by atoms with Crippen LogP contribution in [-0.2, 0) is 9.59 Å². The zero-order valence-electron chi connectivity index (χ0n) is 15.1. The van der Waals surface area contributed by atoms with Crippen LogP contribution in [0.25, 0.3) is 0 Å². The Morgan fingerprint density at radius 3 is 1.96 bits per heavy atom. The van der Waals surface area contributed by atoms with Crippen molar-refractivity contribution in [2.24, 2.45) is 28.6 Å². The largest absolute Gasteiger partial charge is 0.352 e. The first-order valence-corrected chi connectivity index (χ1v) is 9.25. The van der Waals surface area contributed by atoms with Crippen LogP contribution in [0.2, 0.25) is 0 Å². The summed E-state index contributed by atoms with van der Waals surface area (Å²) in [5, 5.41) is 5.94. The number of carbonyl (C=O) groups excluding carboxylic acids is 2. The van der Waals surface area contributed by atoms with Gasteiger partial charge in [-0.1, -0.05) is 20.8 Å². The van der Waals surface area contributed by atoms with E-state index >= 15 is 0 Å². The van der Waals surface area contributed by atoms with Gasteiger partial charge in [-0.05, 0) is 68.6 Å². The molecule has 4 heteroatoms. The fourth-order valence-electron chi connectivity index (χ4n) is 5.58. The number of amides is 2. The van der Waals surface area contributed by atoms with Gasteiger partial charge in [-0.3, -0.25) is 9.59 Å². The van der Waals surface area contributed by atoms with Crippen molar-refractivity contribution in [3.8, 4) is 0 Å². The van der Waals surface area contributed by atoms with Crippen LogP contribution >= 0.6 is 0 Å². The second-order valence-electron chi connectivity index (χ2n) is 9.50. The van der Waals surface area contributed by atoms with Gasteiger partial charge in [0.15, 0.2) is 0 Å². The van der Waals surface area contributed by atoms with Crippen LogP contribution < -0.4 is 10.6 Å². The van der Waals surface area contributed by atoms with E-state index in [2.05, 4.69) is 17.6 Å². The quantitative estimate of drug-likeness (QED) is 0.837. The molecule has 2 amide bonds. The van der Waals surface area contributed by atoms with Gasteiger partial charge >= 0.3 is 0 Å². The van der Waals surface area contributed by atoms with Gasteiger partial charge in [-0.2, -0.15) is 0 Å². The molecule has 0 aromatic heterocycles. The average molecular weight is 320 g/mol. The lowest BCUT2D eigenvalue weighted by Gasteiger charge is -2.59. The minimum atomic E-state index is -0.453. The zero-order chi connectivity index (χ0) is 16.8. The number of rotatable bonds is 4. The molecule has 4 fully saturated rings. The third-order valence-corrected chi connectivity index (χ3v) is 6.47. The van der Waals surface area contributed by atoms with Crippen LogP contribution in [0.4, 0.5) is 0 Å². The first-order valence-electron chi connectivity index (χ1n) is 9.25. The third kappa shape index (κ3) is 3.41. The summed E-state index contributed by atoms with van der Waals surface area (Å²) in [5.41, 5.74) is -0.135. The fourth-order valence-corrected chi connectivity index (χ4v) is 5.58.